The first kappa shape index (κ1) is 8.98. The van der Waals surface area contributed by atoms with E-state index in [1.165, 1.54) is 5.69 Å². The molecule has 1 atom stereocenters. The number of fused-ring (bicyclic) bond motifs is 1. The highest BCUT2D eigenvalue weighted by molar-refractivity contribution is 14.2. The van der Waals surface area contributed by atoms with Crippen molar-refractivity contribution < 1.29 is 0 Å². The minimum atomic E-state index is -1.32. The van der Waals surface area contributed by atoms with Gasteiger partial charge in [0.2, 0.25) is 0 Å². The molecule has 66 valence electrons. The summed E-state index contributed by atoms with van der Waals surface area (Å²) in [7, 11) is 2.70. The molecule has 0 radical (unpaired) electrons. The van der Waals surface area contributed by atoms with Crippen LogP contribution in [-0.4, -0.2) is 8.53 Å². The van der Waals surface area contributed by atoms with Crippen LogP contribution in [0.3, 0.4) is 0 Å². The Labute approximate surface area is 86.1 Å². The van der Waals surface area contributed by atoms with Crippen LogP contribution in [0, 0.1) is 11.3 Å². The average Bonchev–Trinajstić information content (AvgIpc) is 2.42. The third-order valence-electron chi connectivity index (χ3n) is 1.86. The Balaban J connectivity index is 2.63. The highest BCUT2D eigenvalue weighted by Crippen LogP contribution is 2.39. The summed E-state index contributed by atoms with van der Waals surface area (Å²) in [5.41, 5.74) is 3.07. The zero-order valence-corrected chi connectivity index (χ0v) is 10.2. The van der Waals surface area contributed by atoms with E-state index in [9.17, 15) is 0 Å². The number of rotatable bonds is 0. The van der Waals surface area contributed by atoms with Crippen LogP contribution in [0.2, 0.25) is 0 Å². The maximum absolute atomic E-state index is 8.72. The van der Waals surface area contributed by atoms with Gasteiger partial charge in [-0.2, -0.15) is 5.26 Å². The third-order valence-corrected chi connectivity index (χ3v) is 7.07. The summed E-state index contributed by atoms with van der Waals surface area (Å²) in [5.74, 6) is 0. The number of halogens is 1. The van der Waals surface area contributed by atoms with Crippen LogP contribution < -0.4 is 2.88 Å². The third kappa shape index (κ3) is 1.45. The molecular formula is C9H8IN2P. The fourth-order valence-electron chi connectivity index (χ4n) is 1.21. The largest absolute Gasteiger partial charge is 0.309 e. The van der Waals surface area contributed by atoms with E-state index < -0.39 is 19.1 Å². The Morgan fingerprint density at radius 1 is 1.54 bits per heavy atom. The van der Waals surface area contributed by atoms with Crippen LogP contribution in [0.1, 0.15) is 11.1 Å². The van der Waals surface area contributed by atoms with E-state index in [-0.39, 0.29) is 0 Å². The molecule has 1 aliphatic rings. The van der Waals surface area contributed by atoms with Gasteiger partial charge in [-0.25, -0.2) is 0 Å². The molecule has 2 nitrogen and oxygen atoms in total. The second-order valence-corrected chi connectivity index (χ2v) is 8.03. The van der Waals surface area contributed by atoms with Gasteiger partial charge in [0, 0.05) is 5.56 Å². The maximum Gasteiger partial charge on any atom is 0.0991 e. The predicted molar refractivity (Wildman–Crippen MR) is 69.7 cm³/mol. The second-order valence-electron chi connectivity index (χ2n) is 2.68. The van der Waals surface area contributed by atoms with Gasteiger partial charge in [0.05, 0.1) is 17.3 Å². The van der Waals surface area contributed by atoms with Crippen molar-refractivity contribution in [2.75, 3.05) is 2.88 Å². The summed E-state index contributed by atoms with van der Waals surface area (Å²) < 4.78 is 8.48. The van der Waals surface area contributed by atoms with Gasteiger partial charge in [-0.05, 0) is 31.6 Å². The van der Waals surface area contributed by atoms with E-state index in [1.54, 1.807) is 0 Å². The normalized spacial score (nSPS) is 14.9. The highest BCUT2D eigenvalue weighted by atomic mass is 127. The van der Waals surface area contributed by atoms with Gasteiger partial charge < -0.3 is 2.88 Å². The molecule has 0 aliphatic carbocycles. The molecule has 1 aromatic carbocycles. The molecule has 1 unspecified atom stereocenters. The van der Waals surface area contributed by atoms with Crippen molar-refractivity contribution in [1.82, 2.24) is 0 Å². The van der Waals surface area contributed by atoms with Crippen LogP contribution in [0.15, 0.2) is 18.2 Å². The van der Waals surface area contributed by atoms with E-state index in [2.05, 4.69) is 26.9 Å². The first-order valence-electron chi connectivity index (χ1n) is 3.64. The Kier molecular flexibility index (Phi) is 2.27. The van der Waals surface area contributed by atoms with Crippen molar-refractivity contribution >= 4 is 42.7 Å². The summed E-state index contributed by atoms with van der Waals surface area (Å²) in [6, 6.07) is 7.90. The fourth-order valence-corrected chi connectivity index (χ4v) is 4.50. The standard InChI is InChI=1S/C9H8IN2P/c1-10-5-8-4-7(6-11)2-3-9(8)12(10)13/h2-5H,1,13H2. The van der Waals surface area contributed by atoms with E-state index in [0.717, 1.165) is 11.1 Å². The zero-order valence-electron chi connectivity index (χ0n) is 6.87. The smallest absolute Gasteiger partial charge is 0.0991 e. The van der Waals surface area contributed by atoms with Crippen molar-refractivity contribution in [2.24, 2.45) is 0 Å². The van der Waals surface area contributed by atoms with Gasteiger partial charge in [0.1, 0.15) is 0 Å². The Morgan fingerprint density at radius 3 is 3.00 bits per heavy atom. The number of benzene rings is 1. The SMILES string of the molecule is C=I1=Cc2cc(C#N)ccc2N1P. The Bertz CT molecular complexity index is 481. The second kappa shape index (κ2) is 3.28. The molecule has 0 amide bonds. The lowest BCUT2D eigenvalue weighted by Crippen LogP contribution is -1.91. The van der Waals surface area contributed by atoms with Gasteiger partial charge in [-0.15, -0.1) is 0 Å². The maximum atomic E-state index is 8.72. The first-order valence-corrected chi connectivity index (χ1v) is 7.89. The zero-order chi connectivity index (χ0) is 9.42. The van der Waals surface area contributed by atoms with Crippen LogP contribution in [0.25, 0.3) is 0 Å². The van der Waals surface area contributed by atoms with E-state index in [1.807, 2.05) is 18.2 Å². The molecule has 0 N–H and O–H groups in total. The van der Waals surface area contributed by atoms with Gasteiger partial charge in [-0.1, -0.05) is 23.7 Å². The van der Waals surface area contributed by atoms with Crippen LogP contribution >= 0.6 is 28.5 Å². The van der Waals surface area contributed by atoms with E-state index >= 15 is 0 Å². The minimum absolute atomic E-state index is 0.722. The van der Waals surface area contributed by atoms with Gasteiger partial charge in [0.15, 0.2) is 0 Å². The van der Waals surface area contributed by atoms with E-state index in [0.29, 0.717) is 0 Å². The lowest BCUT2D eigenvalue weighted by atomic mass is 10.1. The molecular weight excluding hydrogens is 294 g/mol. The molecule has 1 aromatic rings. The lowest BCUT2D eigenvalue weighted by Gasteiger charge is -2.10. The molecule has 13 heavy (non-hydrogen) atoms. The van der Waals surface area contributed by atoms with Crippen LogP contribution in [0.5, 0.6) is 0 Å². The number of anilines is 1. The number of hydrogen-bond donors (Lipinski definition) is 0. The molecule has 2 rings (SSSR count). The summed E-state index contributed by atoms with van der Waals surface area (Å²) in [6.45, 7) is 0. The number of hydrogen-bond acceptors (Lipinski definition) is 2. The van der Waals surface area contributed by atoms with Crippen molar-refractivity contribution in [3.63, 3.8) is 0 Å². The van der Waals surface area contributed by atoms with Crippen molar-refractivity contribution in [3.8, 4) is 6.07 Å². The topological polar surface area (TPSA) is 27.0 Å². The summed E-state index contributed by atoms with van der Waals surface area (Å²) in [4.78, 5) is 0. The molecule has 0 spiro atoms. The quantitative estimate of drug-likeness (QED) is 0.417. The van der Waals surface area contributed by atoms with Crippen molar-refractivity contribution in [3.05, 3.63) is 29.3 Å². The monoisotopic (exact) mass is 302 g/mol. The van der Waals surface area contributed by atoms with Crippen LogP contribution in [-0.2, 0) is 0 Å². The molecule has 1 heterocycles. The van der Waals surface area contributed by atoms with Gasteiger partial charge in [-0.3, -0.25) is 0 Å². The molecule has 0 saturated carbocycles. The Hall–Kier alpha value is -0.590. The van der Waals surface area contributed by atoms with Crippen LogP contribution in [0.4, 0.5) is 5.69 Å². The van der Waals surface area contributed by atoms with Crippen molar-refractivity contribution in [2.45, 2.75) is 0 Å². The summed E-state index contributed by atoms with van der Waals surface area (Å²) in [6.07, 6.45) is 0. The number of nitrogens with zero attached hydrogens (tertiary/aromatic N) is 2. The van der Waals surface area contributed by atoms with Gasteiger partial charge in [0.25, 0.3) is 0 Å². The molecule has 1 aliphatic heterocycles. The number of nitriles is 1. The Morgan fingerprint density at radius 2 is 2.31 bits per heavy atom. The van der Waals surface area contributed by atoms with Gasteiger partial charge >= 0.3 is 0 Å². The highest BCUT2D eigenvalue weighted by Gasteiger charge is 2.11. The predicted octanol–water partition coefficient (Wildman–Crippen LogP) is 2.17. The summed E-state index contributed by atoms with van der Waals surface area (Å²) >= 11 is -1.32. The average molecular weight is 302 g/mol. The fraction of sp³-hybridized carbons (Fsp3) is 0. The molecule has 4 heteroatoms. The molecule has 0 bridgehead atoms. The van der Waals surface area contributed by atoms with E-state index in [4.69, 9.17) is 5.26 Å². The summed E-state index contributed by atoms with van der Waals surface area (Å²) in [5, 5.41) is 8.72. The minimum Gasteiger partial charge on any atom is -0.309 e. The molecule has 0 saturated heterocycles. The first-order chi connectivity index (χ1) is 6.22. The molecule has 0 fully saturated rings. The van der Waals surface area contributed by atoms with Crippen molar-refractivity contribution in [1.29, 1.82) is 5.26 Å². The lowest BCUT2D eigenvalue weighted by molar-refractivity contribution is 1.48. The molecule has 0 aromatic heterocycles.